The van der Waals surface area contributed by atoms with Gasteiger partial charge in [-0.2, -0.15) is 0 Å². The molecule has 0 bridgehead atoms. The maximum atomic E-state index is 14.4. The number of rotatable bonds is 6. The number of carbonyl (C=O) groups excluding carboxylic acids is 1. The zero-order chi connectivity index (χ0) is 29.3. The molecule has 7 nitrogen and oxygen atoms in total. The molecule has 214 valence electrons. The van der Waals surface area contributed by atoms with Gasteiger partial charge in [-0.15, -0.1) is 0 Å². The summed E-state index contributed by atoms with van der Waals surface area (Å²) in [6.45, 7) is 15.1. The summed E-state index contributed by atoms with van der Waals surface area (Å²) in [6.07, 6.45) is -0.402. The van der Waals surface area contributed by atoms with Crippen molar-refractivity contribution >= 4 is 27.7 Å². The number of amides is 1. The molecular weight excluding hydrogens is 519 g/mol. The smallest absolute Gasteiger partial charge is 0.410 e. The van der Waals surface area contributed by atoms with Crippen molar-refractivity contribution in [1.29, 1.82) is 0 Å². The molecule has 0 unspecified atom stereocenters. The summed E-state index contributed by atoms with van der Waals surface area (Å²) in [6, 6.07) is 9.56. The van der Waals surface area contributed by atoms with Crippen LogP contribution in [-0.4, -0.2) is 53.8 Å². The van der Waals surface area contributed by atoms with Gasteiger partial charge in [0.1, 0.15) is 11.4 Å². The van der Waals surface area contributed by atoms with E-state index in [1.165, 1.54) is 17.0 Å². The van der Waals surface area contributed by atoms with Gasteiger partial charge in [-0.25, -0.2) is 17.6 Å². The van der Waals surface area contributed by atoms with E-state index in [1.54, 1.807) is 26.8 Å². The third-order valence-electron chi connectivity index (χ3n) is 6.88. The Morgan fingerprint density at radius 3 is 2.41 bits per heavy atom. The fourth-order valence-electron chi connectivity index (χ4n) is 4.88. The standard InChI is InChI=1S/C30H41FN2O5S/c1-8-21-12-20(15-24(31)26(21)32)13-22-17-39(36,37)18-25(27(22)34)33(28(35)38-30(5,6)7)16-19-10-9-11-23(14-19)29(2,3)4/h8-12,14-15,22,25,27,34H,1,13,16-18,32H2,2-7H3/t22-,25+,27+/m1/s1. The second-order valence-electron chi connectivity index (χ2n) is 12.4. The molecule has 2 aromatic carbocycles. The molecule has 1 saturated heterocycles. The molecule has 0 aliphatic carbocycles. The van der Waals surface area contributed by atoms with Gasteiger partial charge < -0.3 is 15.6 Å². The van der Waals surface area contributed by atoms with Crippen LogP contribution in [0.1, 0.15) is 63.8 Å². The Balaban J connectivity index is 2.00. The predicted molar refractivity (Wildman–Crippen MR) is 153 cm³/mol. The number of aliphatic hydroxyl groups excluding tert-OH is 1. The van der Waals surface area contributed by atoms with Crippen molar-refractivity contribution in [3.8, 4) is 0 Å². The summed E-state index contributed by atoms with van der Waals surface area (Å²) in [5.41, 5.74) is 7.49. The SMILES string of the molecule is C=Cc1cc(C[C@@H]2CS(=O)(=O)C[C@H](N(Cc3cccc(C(C)(C)C)c3)C(=O)OC(C)(C)C)[C@H]2O)cc(F)c1N. The highest BCUT2D eigenvalue weighted by Gasteiger charge is 2.44. The number of ether oxygens (including phenoxy) is 1. The Bertz CT molecular complexity index is 1330. The number of halogens is 1. The highest BCUT2D eigenvalue weighted by Crippen LogP contribution is 2.31. The normalized spacial score (nSPS) is 21.3. The quantitative estimate of drug-likeness (QED) is 0.476. The Kier molecular flexibility index (Phi) is 8.87. The van der Waals surface area contributed by atoms with E-state index < -0.39 is 51.2 Å². The number of hydrogen-bond donors (Lipinski definition) is 2. The average molecular weight is 561 g/mol. The third kappa shape index (κ3) is 7.82. The summed E-state index contributed by atoms with van der Waals surface area (Å²) in [7, 11) is -3.66. The van der Waals surface area contributed by atoms with Crippen molar-refractivity contribution in [3.63, 3.8) is 0 Å². The van der Waals surface area contributed by atoms with Crippen LogP contribution in [0.3, 0.4) is 0 Å². The van der Waals surface area contributed by atoms with E-state index in [1.807, 2.05) is 24.3 Å². The second-order valence-corrected chi connectivity index (χ2v) is 14.6. The van der Waals surface area contributed by atoms with Gasteiger partial charge in [0, 0.05) is 18.0 Å². The lowest BCUT2D eigenvalue weighted by Crippen LogP contribution is -2.58. The van der Waals surface area contributed by atoms with Crippen LogP contribution < -0.4 is 5.73 Å². The van der Waals surface area contributed by atoms with Crippen LogP contribution >= 0.6 is 0 Å². The molecule has 9 heteroatoms. The Hall–Kier alpha value is -2.91. The largest absolute Gasteiger partial charge is 0.444 e. The molecule has 0 saturated carbocycles. The topological polar surface area (TPSA) is 110 Å². The van der Waals surface area contributed by atoms with Gasteiger partial charge in [-0.05, 0) is 61.4 Å². The van der Waals surface area contributed by atoms with Crippen molar-refractivity contribution in [2.75, 3.05) is 17.2 Å². The zero-order valence-corrected chi connectivity index (χ0v) is 24.5. The van der Waals surface area contributed by atoms with E-state index in [0.29, 0.717) is 11.1 Å². The van der Waals surface area contributed by atoms with E-state index in [0.717, 1.165) is 11.1 Å². The molecule has 0 aromatic heterocycles. The number of benzene rings is 2. The molecule has 3 N–H and O–H groups in total. The maximum Gasteiger partial charge on any atom is 0.410 e. The number of aliphatic hydroxyl groups is 1. The first-order valence-electron chi connectivity index (χ1n) is 13.1. The van der Waals surface area contributed by atoms with Crippen LogP contribution in [0.2, 0.25) is 0 Å². The number of hydrogen-bond acceptors (Lipinski definition) is 6. The van der Waals surface area contributed by atoms with Crippen LogP contribution in [0, 0.1) is 11.7 Å². The second kappa shape index (κ2) is 11.3. The number of nitrogens with zero attached hydrogens (tertiary/aromatic N) is 1. The minimum atomic E-state index is -3.66. The van der Waals surface area contributed by atoms with Crippen molar-refractivity contribution in [1.82, 2.24) is 4.90 Å². The number of nitrogens with two attached hydrogens (primary N) is 1. The predicted octanol–water partition coefficient (Wildman–Crippen LogP) is 5.10. The molecule has 1 amide bonds. The lowest BCUT2D eigenvalue weighted by molar-refractivity contribution is -0.0172. The van der Waals surface area contributed by atoms with Crippen LogP contribution in [0.15, 0.2) is 43.0 Å². The number of sulfone groups is 1. The van der Waals surface area contributed by atoms with E-state index in [4.69, 9.17) is 10.5 Å². The first-order chi connectivity index (χ1) is 17.9. The van der Waals surface area contributed by atoms with E-state index in [9.17, 15) is 22.7 Å². The van der Waals surface area contributed by atoms with E-state index in [-0.39, 0.29) is 29.8 Å². The highest BCUT2D eigenvalue weighted by molar-refractivity contribution is 7.91. The van der Waals surface area contributed by atoms with Gasteiger partial charge in [-0.3, -0.25) is 4.90 Å². The first kappa shape index (κ1) is 30.6. The summed E-state index contributed by atoms with van der Waals surface area (Å²) >= 11 is 0. The lowest BCUT2D eigenvalue weighted by atomic mass is 9.86. The van der Waals surface area contributed by atoms with Crippen molar-refractivity contribution < 1.29 is 27.4 Å². The molecule has 2 aromatic rings. The number of carbonyl (C=O) groups is 1. The Morgan fingerprint density at radius 1 is 1.15 bits per heavy atom. The molecular formula is C30H41FN2O5S. The van der Waals surface area contributed by atoms with Gasteiger partial charge in [0.25, 0.3) is 0 Å². The third-order valence-corrected chi connectivity index (χ3v) is 8.67. The fraction of sp³-hybridized carbons (Fsp3) is 0.500. The summed E-state index contributed by atoms with van der Waals surface area (Å²) in [5.74, 6) is -2.11. The molecule has 1 fully saturated rings. The van der Waals surface area contributed by atoms with E-state index >= 15 is 0 Å². The number of anilines is 1. The van der Waals surface area contributed by atoms with Gasteiger partial charge >= 0.3 is 6.09 Å². The zero-order valence-electron chi connectivity index (χ0n) is 23.7. The van der Waals surface area contributed by atoms with Crippen molar-refractivity contribution in [3.05, 3.63) is 71.0 Å². The molecule has 39 heavy (non-hydrogen) atoms. The molecule has 3 rings (SSSR count). The highest BCUT2D eigenvalue weighted by atomic mass is 32.2. The average Bonchev–Trinajstić information content (AvgIpc) is 2.80. The van der Waals surface area contributed by atoms with Crippen LogP contribution in [0.25, 0.3) is 6.08 Å². The van der Waals surface area contributed by atoms with Crippen LogP contribution in [0.4, 0.5) is 14.9 Å². The summed E-state index contributed by atoms with van der Waals surface area (Å²) in [5, 5.41) is 11.5. The molecule has 1 heterocycles. The monoisotopic (exact) mass is 560 g/mol. The van der Waals surface area contributed by atoms with Crippen molar-refractivity contribution in [2.24, 2.45) is 5.92 Å². The molecule has 3 atom stereocenters. The van der Waals surface area contributed by atoms with Crippen LogP contribution in [0.5, 0.6) is 0 Å². The minimum absolute atomic E-state index is 0.0444. The molecule has 0 radical (unpaired) electrons. The molecule has 1 aliphatic heterocycles. The summed E-state index contributed by atoms with van der Waals surface area (Å²) < 4.78 is 46.3. The molecule has 0 spiro atoms. The van der Waals surface area contributed by atoms with E-state index in [2.05, 4.69) is 27.4 Å². The fourth-order valence-corrected chi connectivity index (χ4v) is 6.88. The van der Waals surface area contributed by atoms with Crippen LogP contribution in [-0.2, 0) is 33.0 Å². The van der Waals surface area contributed by atoms with Gasteiger partial charge in [0.05, 0.1) is 29.3 Å². The van der Waals surface area contributed by atoms with Crippen molar-refractivity contribution in [2.45, 2.75) is 77.7 Å². The lowest BCUT2D eigenvalue weighted by Gasteiger charge is -2.41. The van der Waals surface area contributed by atoms with Gasteiger partial charge in [0.2, 0.25) is 0 Å². The molecule has 1 aliphatic rings. The van der Waals surface area contributed by atoms with Gasteiger partial charge in [-0.1, -0.05) is 57.7 Å². The Labute approximate surface area is 231 Å². The summed E-state index contributed by atoms with van der Waals surface area (Å²) in [4.78, 5) is 14.8. The minimum Gasteiger partial charge on any atom is -0.444 e. The Morgan fingerprint density at radius 2 is 1.82 bits per heavy atom. The first-order valence-corrected chi connectivity index (χ1v) is 14.9. The maximum absolute atomic E-state index is 14.4. The number of nitrogen functional groups attached to an aromatic ring is 1. The van der Waals surface area contributed by atoms with Gasteiger partial charge in [0.15, 0.2) is 9.84 Å².